The maximum atomic E-state index is 4.28. The molecule has 0 aliphatic heterocycles. The third-order valence-corrected chi connectivity index (χ3v) is 3.38. The summed E-state index contributed by atoms with van der Waals surface area (Å²) >= 11 is 1.61. The first-order valence-electron chi connectivity index (χ1n) is 5.89. The average Bonchev–Trinajstić information content (AvgIpc) is 2.95. The van der Waals surface area contributed by atoms with Gasteiger partial charge in [-0.15, -0.1) is 10.2 Å². The lowest BCUT2D eigenvalue weighted by molar-refractivity contribution is 0.602. The van der Waals surface area contributed by atoms with Gasteiger partial charge >= 0.3 is 0 Å². The van der Waals surface area contributed by atoms with E-state index in [0.717, 1.165) is 36.1 Å². The highest BCUT2D eigenvalue weighted by molar-refractivity contribution is 7.15. The second-order valence-electron chi connectivity index (χ2n) is 3.82. The second-order valence-corrected chi connectivity index (χ2v) is 4.88. The summed E-state index contributed by atoms with van der Waals surface area (Å²) in [6.45, 7) is 5.95. The zero-order valence-electron chi connectivity index (χ0n) is 10.2. The van der Waals surface area contributed by atoms with Gasteiger partial charge in [0.1, 0.15) is 5.01 Å². The van der Waals surface area contributed by atoms with Crippen LogP contribution in [0.5, 0.6) is 0 Å². The van der Waals surface area contributed by atoms with Gasteiger partial charge in [-0.2, -0.15) is 5.10 Å². The molecule has 6 heteroatoms. The third kappa shape index (κ3) is 3.26. The van der Waals surface area contributed by atoms with Gasteiger partial charge in [-0.1, -0.05) is 25.2 Å². The van der Waals surface area contributed by atoms with E-state index in [4.69, 9.17) is 0 Å². The fourth-order valence-electron chi connectivity index (χ4n) is 1.49. The Labute approximate surface area is 105 Å². The highest BCUT2D eigenvalue weighted by atomic mass is 32.1. The molecule has 0 aliphatic rings. The van der Waals surface area contributed by atoms with E-state index in [1.807, 2.05) is 10.9 Å². The predicted octanol–water partition coefficient (Wildman–Crippen LogP) is 2.32. The summed E-state index contributed by atoms with van der Waals surface area (Å²) in [6.07, 6.45) is 6.00. The number of hydrogen-bond donors (Lipinski definition) is 1. The maximum absolute atomic E-state index is 4.28. The van der Waals surface area contributed by atoms with E-state index >= 15 is 0 Å². The molecule has 2 rings (SSSR count). The van der Waals surface area contributed by atoms with Crippen LogP contribution in [0.1, 0.15) is 30.8 Å². The molecule has 2 aromatic heterocycles. The van der Waals surface area contributed by atoms with Gasteiger partial charge in [0.25, 0.3) is 0 Å². The summed E-state index contributed by atoms with van der Waals surface area (Å²) in [5, 5.41) is 17.6. The summed E-state index contributed by atoms with van der Waals surface area (Å²) in [6, 6.07) is 0. The molecule has 2 aromatic rings. The number of hydrogen-bond acceptors (Lipinski definition) is 5. The summed E-state index contributed by atoms with van der Waals surface area (Å²) in [5.41, 5.74) is 1.17. The second kappa shape index (κ2) is 5.77. The van der Waals surface area contributed by atoms with Gasteiger partial charge in [-0.25, -0.2) is 0 Å². The number of nitrogens with zero attached hydrogens (tertiary/aromatic N) is 4. The van der Waals surface area contributed by atoms with Crippen LogP contribution in [0.2, 0.25) is 0 Å². The lowest BCUT2D eigenvalue weighted by Gasteiger charge is -1.98. The Kier molecular flexibility index (Phi) is 4.08. The van der Waals surface area contributed by atoms with Gasteiger partial charge in [0, 0.05) is 24.8 Å². The summed E-state index contributed by atoms with van der Waals surface area (Å²) < 4.78 is 1.97. The predicted molar refractivity (Wildman–Crippen MR) is 69.1 cm³/mol. The number of nitrogens with one attached hydrogen (secondary N) is 1. The first kappa shape index (κ1) is 12.0. The van der Waals surface area contributed by atoms with Crippen LogP contribution in [-0.4, -0.2) is 20.0 Å². The zero-order valence-corrected chi connectivity index (χ0v) is 11.0. The molecule has 0 amide bonds. The lowest BCUT2D eigenvalue weighted by Crippen LogP contribution is -1.98. The molecule has 0 aliphatic carbocycles. The van der Waals surface area contributed by atoms with Crippen LogP contribution in [0.4, 0.5) is 5.13 Å². The van der Waals surface area contributed by atoms with Crippen molar-refractivity contribution in [1.82, 2.24) is 20.0 Å². The molecule has 1 N–H and O–H groups in total. The SMILES string of the molecule is CCCn1cc(CNc2nnc(CC)s2)cn1. The van der Waals surface area contributed by atoms with Crippen molar-refractivity contribution in [2.75, 3.05) is 5.32 Å². The Morgan fingerprint density at radius 2 is 2.24 bits per heavy atom. The number of anilines is 1. The average molecular weight is 251 g/mol. The highest BCUT2D eigenvalue weighted by Crippen LogP contribution is 2.16. The van der Waals surface area contributed by atoms with Crippen LogP contribution >= 0.6 is 11.3 Å². The highest BCUT2D eigenvalue weighted by Gasteiger charge is 2.03. The van der Waals surface area contributed by atoms with Crippen molar-refractivity contribution in [2.24, 2.45) is 0 Å². The molecular weight excluding hydrogens is 234 g/mol. The van der Waals surface area contributed by atoms with Crippen LogP contribution in [0.25, 0.3) is 0 Å². The minimum atomic E-state index is 0.752. The number of aryl methyl sites for hydroxylation is 2. The normalized spacial score (nSPS) is 10.7. The zero-order chi connectivity index (χ0) is 12.1. The fraction of sp³-hybridized carbons (Fsp3) is 0.545. The molecule has 17 heavy (non-hydrogen) atoms. The largest absolute Gasteiger partial charge is 0.356 e. The topological polar surface area (TPSA) is 55.6 Å². The van der Waals surface area contributed by atoms with E-state index in [1.165, 1.54) is 5.56 Å². The fourth-order valence-corrected chi connectivity index (χ4v) is 2.17. The maximum Gasteiger partial charge on any atom is 0.205 e. The molecule has 0 unspecified atom stereocenters. The van der Waals surface area contributed by atoms with E-state index in [1.54, 1.807) is 11.3 Å². The Bertz CT molecular complexity index is 462. The molecule has 0 aromatic carbocycles. The van der Waals surface area contributed by atoms with Crippen LogP contribution in [0, 0.1) is 0 Å². The van der Waals surface area contributed by atoms with Crippen molar-refractivity contribution in [3.8, 4) is 0 Å². The third-order valence-electron chi connectivity index (χ3n) is 2.35. The van der Waals surface area contributed by atoms with Gasteiger partial charge < -0.3 is 5.32 Å². The summed E-state index contributed by atoms with van der Waals surface area (Å²) in [4.78, 5) is 0. The van der Waals surface area contributed by atoms with E-state index in [9.17, 15) is 0 Å². The first-order valence-corrected chi connectivity index (χ1v) is 6.71. The molecule has 0 fully saturated rings. The van der Waals surface area contributed by atoms with Gasteiger partial charge in [0.15, 0.2) is 0 Å². The van der Waals surface area contributed by atoms with Crippen LogP contribution in [0.3, 0.4) is 0 Å². The van der Waals surface area contributed by atoms with Crippen molar-refractivity contribution >= 4 is 16.5 Å². The molecular formula is C11H17N5S. The first-order chi connectivity index (χ1) is 8.31. The van der Waals surface area contributed by atoms with Crippen molar-refractivity contribution in [3.63, 3.8) is 0 Å². The molecule has 0 saturated heterocycles. The van der Waals surface area contributed by atoms with Gasteiger partial charge in [-0.05, 0) is 12.8 Å². The standard InChI is InChI=1S/C11H17N5S/c1-3-5-16-8-9(7-13-16)6-12-11-15-14-10(4-2)17-11/h7-8H,3-6H2,1-2H3,(H,12,15). The number of aromatic nitrogens is 4. The van der Waals surface area contributed by atoms with E-state index in [0.29, 0.717) is 0 Å². The molecule has 0 saturated carbocycles. The molecule has 2 heterocycles. The van der Waals surface area contributed by atoms with E-state index < -0.39 is 0 Å². The Morgan fingerprint density at radius 1 is 1.35 bits per heavy atom. The molecule has 0 atom stereocenters. The minimum absolute atomic E-state index is 0.752. The van der Waals surface area contributed by atoms with Crippen molar-refractivity contribution in [2.45, 2.75) is 39.8 Å². The molecule has 0 radical (unpaired) electrons. The Balaban J connectivity index is 1.88. The van der Waals surface area contributed by atoms with E-state index in [2.05, 4.69) is 40.7 Å². The molecule has 5 nitrogen and oxygen atoms in total. The van der Waals surface area contributed by atoms with Crippen molar-refractivity contribution in [3.05, 3.63) is 23.0 Å². The Hall–Kier alpha value is -1.43. The molecule has 0 bridgehead atoms. The number of rotatable bonds is 6. The lowest BCUT2D eigenvalue weighted by atomic mass is 10.4. The summed E-state index contributed by atoms with van der Waals surface area (Å²) in [5.74, 6) is 0. The molecule has 0 spiro atoms. The Morgan fingerprint density at radius 3 is 2.94 bits per heavy atom. The smallest absolute Gasteiger partial charge is 0.205 e. The van der Waals surface area contributed by atoms with Crippen LogP contribution in [0.15, 0.2) is 12.4 Å². The van der Waals surface area contributed by atoms with Gasteiger partial charge in [-0.3, -0.25) is 4.68 Å². The van der Waals surface area contributed by atoms with Crippen LogP contribution < -0.4 is 5.32 Å². The summed E-state index contributed by atoms with van der Waals surface area (Å²) in [7, 11) is 0. The quantitative estimate of drug-likeness (QED) is 0.856. The van der Waals surface area contributed by atoms with Crippen molar-refractivity contribution < 1.29 is 0 Å². The van der Waals surface area contributed by atoms with Crippen molar-refractivity contribution in [1.29, 1.82) is 0 Å². The van der Waals surface area contributed by atoms with Gasteiger partial charge in [0.05, 0.1) is 6.20 Å². The van der Waals surface area contributed by atoms with Crippen LogP contribution in [-0.2, 0) is 19.5 Å². The molecule has 92 valence electrons. The van der Waals surface area contributed by atoms with E-state index in [-0.39, 0.29) is 0 Å². The van der Waals surface area contributed by atoms with Gasteiger partial charge in [0.2, 0.25) is 5.13 Å². The minimum Gasteiger partial charge on any atom is -0.356 e. The monoisotopic (exact) mass is 251 g/mol.